The number of thioether (sulfide) groups is 1. The number of hydrogen-bond acceptors (Lipinski definition) is 6. The van der Waals surface area contributed by atoms with Crippen LogP contribution >= 0.6 is 11.8 Å². The van der Waals surface area contributed by atoms with Crippen LogP contribution in [0, 0.1) is 5.92 Å². The van der Waals surface area contributed by atoms with Crippen molar-refractivity contribution in [1.82, 2.24) is 24.6 Å². The molecule has 6 rings (SSSR count). The third-order valence-corrected chi connectivity index (χ3v) is 9.37. The molecule has 0 radical (unpaired) electrons. The number of carbonyl (C=O) groups is 2. The highest BCUT2D eigenvalue weighted by molar-refractivity contribution is 7.99. The fourth-order valence-corrected chi connectivity index (χ4v) is 6.86. The molecular weight excluding hydrogens is 558 g/mol. The maximum atomic E-state index is 13.2. The first-order chi connectivity index (χ1) is 21.0. The number of nitrogens with zero attached hydrogens (tertiary/aromatic N) is 5. The fraction of sp³-hybridized carbons (Fsp3) is 0.353. The van der Waals surface area contributed by atoms with Crippen molar-refractivity contribution in [2.45, 2.75) is 43.3 Å². The molecule has 0 bridgehead atoms. The first kappa shape index (κ1) is 29.0. The summed E-state index contributed by atoms with van der Waals surface area (Å²) in [4.78, 5) is 30.3. The minimum atomic E-state index is 0.0208. The van der Waals surface area contributed by atoms with Crippen LogP contribution in [0.15, 0.2) is 90.1 Å². The SMILES string of the molecule is COc1ccccc1-n1c(SCCCC(=O)N2CCN(C(=O)C3CC3c3ccccc3)C(C)C2)nnc1-c1ccccc1. The maximum Gasteiger partial charge on any atom is 0.226 e. The standard InChI is InChI=1S/C34H37N5O3S/c1-24-23-37(19-20-38(24)33(41)28-22-27(28)25-12-5-3-6-13-25)31(40)18-11-21-43-34-36-35-32(26-14-7-4-8-15-26)39(34)29-16-9-10-17-30(29)42-2/h3-10,12-17,24,27-28H,11,18-23H2,1-2H3. The van der Waals surface area contributed by atoms with Gasteiger partial charge in [0.15, 0.2) is 11.0 Å². The Labute approximate surface area is 257 Å². The summed E-state index contributed by atoms with van der Waals surface area (Å²) in [6.45, 7) is 3.83. The van der Waals surface area contributed by atoms with E-state index in [0.717, 1.165) is 46.6 Å². The smallest absolute Gasteiger partial charge is 0.226 e. The van der Waals surface area contributed by atoms with Crippen LogP contribution in [0.25, 0.3) is 17.1 Å². The van der Waals surface area contributed by atoms with Gasteiger partial charge in [-0.25, -0.2) is 0 Å². The van der Waals surface area contributed by atoms with E-state index in [2.05, 4.69) is 29.3 Å². The molecule has 0 N–H and O–H groups in total. The zero-order valence-corrected chi connectivity index (χ0v) is 25.5. The average molecular weight is 596 g/mol. The highest BCUT2D eigenvalue weighted by Gasteiger charge is 2.47. The van der Waals surface area contributed by atoms with E-state index < -0.39 is 0 Å². The molecule has 1 saturated carbocycles. The summed E-state index contributed by atoms with van der Waals surface area (Å²) < 4.78 is 7.68. The monoisotopic (exact) mass is 595 g/mol. The molecule has 3 aromatic carbocycles. The van der Waals surface area contributed by atoms with Crippen LogP contribution < -0.4 is 4.74 Å². The second-order valence-electron chi connectivity index (χ2n) is 11.2. The van der Waals surface area contributed by atoms with Gasteiger partial charge in [-0.15, -0.1) is 10.2 Å². The van der Waals surface area contributed by atoms with Crippen molar-refractivity contribution >= 4 is 23.6 Å². The van der Waals surface area contributed by atoms with Crippen molar-refractivity contribution in [3.63, 3.8) is 0 Å². The van der Waals surface area contributed by atoms with Gasteiger partial charge in [-0.05, 0) is 43.4 Å². The maximum absolute atomic E-state index is 13.2. The number of ether oxygens (including phenoxy) is 1. The van der Waals surface area contributed by atoms with Gasteiger partial charge in [-0.2, -0.15) is 0 Å². The van der Waals surface area contributed by atoms with Gasteiger partial charge >= 0.3 is 0 Å². The molecule has 3 unspecified atom stereocenters. The summed E-state index contributed by atoms with van der Waals surface area (Å²) in [7, 11) is 1.66. The van der Waals surface area contributed by atoms with Gasteiger partial charge in [0.2, 0.25) is 11.8 Å². The molecule has 222 valence electrons. The van der Waals surface area contributed by atoms with E-state index >= 15 is 0 Å². The molecule has 2 amide bonds. The van der Waals surface area contributed by atoms with Crippen LogP contribution in [0.4, 0.5) is 0 Å². The number of rotatable bonds is 10. The lowest BCUT2D eigenvalue weighted by Crippen LogP contribution is -2.55. The molecule has 2 fully saturated rings. The number of methoxy groups -OCH3 is 1. The summed E-state index contributed by atoms with van der Waals surface area (Å²) in [5, 5.41) is 9.79. The zero-order chi connectivity index (χ0) is 29.8. The molecular formula is C34H37N5O3S. The first-order valence-corrected chi connectivity index (χ1v) is 15.9. The number of carbonyl (C=O) groups excluding carboxylic acids is 2. The fourth-order valence-electron chi connectivity index (χ4n) is 5.98. The van der Waals surface area contributed by atoms with Crippen LogP contribution in [0.5, 0.6) is 5.75 Å². The summed E-state index contributed by atoms with van der Waals surface area (Å²) in [6.07, 6.45) is 2.10. The van der Waals surface area contributed by atoms with Crippen molar-refractivity contribution in [3.8, 4) is 22.8 Å². The molecule has 1 saturated heterocycles. The lowest BCUT2D eigenvalue weighted by atomic mass is 10.1. The normalized spacial score (nSPS) is 19.7. The number of hydrogen-bond donors (Lipinski definition) is 0. The van der Waals surface area contributed by atoms with Crippen molar-refractivity contribution in [1.29, 1.82) is 0 Å². The van der Waals surface area contributed by atoms with Crippen molar-refractivity contribution in [2.75, 3.05) is 32.5 Å². The van der Waals surface area contributed by atoms with Crippen molar-refractivity contribution in [3.05, 3.63) is 90.5 Å². The van der Waals surface area contributed by atoms with E-state index in [0.29, 0.717) is 32.0 Å². The van der Waals surface area contributed by atoms with E-state index in [4.69, 9.17) is 4.74 Å². The lowest BCUT2D eigenvalue weighted by molar-refractivity contribution is -0.143. The molecule has 43 heavy (non-hydrogen) atoms. The number of benzene rings is 3. The van der Waals surface area contributed by atoms with Crippen LogP contribution in [0.1, 0.15) is 37.7 Å². The van der Waals surface area contributed by atoms with Gasteiger partial charge in [0.1, 0.15) is 5.75 Å². The predicted molar refractivity (Wildman–Crippen MR) is 168 cm³/mol. The minimum absolute atomic E-state index is 0.0208. The van der Waals surface area contributed by atoms with Gasteiger partial charge < -0.3 is 14.5 Å². The van der Waals surface area contributed by atoms with Crippen LogP contribution in [0.3, 0.4) is 0 Å². The van der Waals surface area contributed by atoms with Crippen LogP contribution in [0.2, 0.25) is 0 Å². The molecule has 0 spiro atoms. The Morgan fingerprint density at radius 2 is 1.65 bits per heavy atom. The highest BCUT2D eigenvalue weighted by atomic mass is 32.2. The molecule has 8 nitrogen and oxygen atoms in total. The van der Waals surface area contributed by atoms with Gasteiger partial charge in [0.05, 0.1) is 12.8 Å². The lowest BCUT2D eigenvalue weighted by Gasteiger charge is -2.40. The summed E-state index contributed by atoms with van der Waals surface area (Å²) in [6, 6.07) is 28.2. The second kappa shape index (κ2) is 13.0. The molecule has 1 aromatic heterocycles. The van der Waals surface area contributed by atoms with E-state index in [9.17, 15) is 9.59 Å². The van der Waals surface area contributed by atoms with Crippen molar-refractivity contribution < 1.29 is 14.3 Å². The van der Waals surface area contributed by atoms with Crippen LogP contribution in [-0.2, 0) is 9.59 Å². The number of amides is 2. The molecule has 2 heterocycles. The molecule has 9 heteroatoms. The Morgan fingerprint density at radius 3 is 2.40 bits per heavy atom. The number of piperazine rings is 1. The molecule has 1 aliphatic carbocycles. The van der Waals surface area contributed by atoms with Gasteiger partial charge in [0.25, 0.3) is 0 Å². The molecule has 1 aliphatic heterocycles. The zero-order valence-electron chi connectivity index (χ0n) is 24.6. The first-order valence-electron chi connectivity index (χ1n) is 15.0. The number of aromatic nitrogens is 3. The van der Waals surface area contributed by atoms with Gasteiger partial charge in [-0.3, -0.25) is 14.2 Å². The molecule has 3 atom stereocenters. The Kier molecular flexibility index (Phi) is 8.79. The van der Waals surface area contributed by atoms with Gasteiger partial charge in [-0.1, -0.05) is 84.6 Å². The minimum Gasteiger partial charge on any atom is -0.495 e. The largest absolute Gasteiger partial charge is 0.495 e. The van der Waals surface area contributed by atoms with Gasteiger partial charge in [0, 0.05) is 49.3 Å². The number of para-hydroxylation sites is 2. The highest BCUT2D eigenvalue weighted by Crippen LogP contribution is 2.48. The Morgan fingerprint density at radius 1 is 0.930 bits per heavy atom. The second-order valence-corrected chi connectivity index (χ2v) is 12.3. The van der Waals surface area contributed by atoms with Crippen LogP contribution in [-0.4, -0.2) is 74.9 Å². The van der Waals surface area contributed by atoms with E-state index in [-0.39, 0.29) is 23.8 Å². The van der Waals surface area contributed by atoms with Crippen molar-refractivity contribution in [2.24, 2.45) is 5.92 Å². The third kappa shape index (κ3) is 6.32. The summed E-state index contributed by atoms with van der Waals surface area (Å²) >= 11 is 1.59. The molecule has 2 aliphatic rings. The van der Waals surface area contributed by atoms with E-state index in [1.165, 1.54) is 5.56 Å². The average Bonchev–Trinajstić information content (AvgIpc) is 3.75. The third-order valence-electron chi connectivity index (χ3n) is 8.36. The quantitative estimate of drug-likeness (QED) is 0.173. The molecule has 4 aromatic rings. The predicted octanol–water partition coefficient (Wildman–Crippen LogP) is 5.68. The summed E-state index contributed by atoms with van der Waals surface area (Å²) in [5.41, 5.74) is 3.08. The summed E-state index contributed by atoms with van der Waals surface area (Å²) in [5.74, 6) is 2.99. The Hall–Kier alpha value is -4.11. The van der Waals surface area contributed by atoms with E-state index in [1.54, 1.807) is 18.9 Å². The van der Waals surface area contributed by atoms with E-state index in [1.807, 2.05) is 87.2 Å². The Balaban J connectivity index is 1.03. The topological polar surface area (TPSA) is 80.6 Å². The Bertz CT molecular complexity index is 1560.